The lowest BCUT2D eigenvalue weighted by Crippen LogP contribution is -2.13. The molecule has 0 bridgehead atoms. The Morgan fingerprint density at radius 2 is 1.80 bits per heavy atom. The van der Waals surface area contributed by atoms with E-state index in [4.69, 9.17) is 0 Å². The van der Waals surface area contributed by atoms with Crippen molar-refractivity contribution >= 4 is 11.6 Å². The minimum absolute atomic E-state index is 0.0357. The molecule has 0 fully saturated rings. The molecule has 1 amide bonds. The maximum Gasteiger partial charge on any atom is 0.224 e. The quantitative estimate of drug-likeness (QED) is 0.656. The predicted octanol–water partition coefficient (Wildman–Crippen LogP) is 4.43. The van der Waals surface area contributed by atoms with E-state index < -0.39 is 6.10 Å². The third-order valence-corrected chi connectivity index (χ3v) is 3.44. The van der Waals surface area contributed by atoms with Crippen LogP contribution in [0.1, 0.15) is 70.5 Å². The van der Waals surface area contributed by atoms with E-state index in [9.17, 15) is 9.90 Å². The van der Waals surface area contributed by atoms with Crippen LogP contribution in [0.5, 0.6) is 0 Å². The number of carbonyl (C=O) groups excluding carboxylic acids is 1. The highest BCUT2D eigenvalue weighted by atomic mass is 16.3. The number of amides is 1. The second kappa shape index (κ2) is 9.54. The Kier molecular flexibility index (Phi) is 7.97. The number of aliphatic hydroxyl groups excluding tert-OH is 1. The summed E-state index contributed by atoms with van der Waals surface area (Å²) in [5.74, 6) is 0.0357. The first-order chi connectivity index (χ1) is 9.65. The van der Waals surface area contributed by atoms with Gasteiger partial charge in [-0.2, -0.15) is 0 Å². The molecule has 0 aromatic heterocycles. The van der Waals surface area contributed by atoms with Crippen LogP contribution in [0.25, 0.3) is 0 Å². The summed E-state index contributed by atoms with van der Waals surface area (Å²) >= 11 is 0. The Morgan fingerprint density at radius 1 is 1.15 bits per heavy atom. The fraction of sp³-hybridized carbons (Fsp3) is 0.588. The number of anilines is 1. The van der Waals surface area contributed by atoms with E-state index >= 15 is 0 Å². The number of nitrogens with one attached hydrogen (secondary N) is 1. The van der Waals surface area contributed by atoms with Crippen LogP contribution in [0.2, 0.25) is 0 Å². The van der Waals surface area contributed by atoms with Gasteiger partial charge in [0.1, 0.15) is 0 Å². The molecule has 20 heavy (non-hydrogen) atoms. The first-order valence-electron chi connectivity index (χ1n) is 7.72. The fourth-order valence-corrected chi connectivity index (χ4v) is 2.25. The summed E-state index contributed by atoms with van der Waals surface area (Å²) in [7, 11) is 0. The molecular formula is C17H27NO2. The average Bonchev–Trinajstić information content (AvgIpc) is 2.43. The number of aliphatic hydroxyl groups is 1. The lowest BCUT2D eigenvalue weighted by molar-refractivity contribution is -0.116. The minimum Gasteiger partial charge on any atom is -0.389 e. The van der Waals surface area contributed by atoms with E-state index in [1.54, 1.807) is 6.92 Å². The van der Waals surface area contributed by atoms with Gasteiger partial charge in [-0.25, -0.2) is 0 Å². The molecule has 0 radical (unpaired) electrons. The standard InChI is InChI=1S/C17H27NO2/c1-3-4-5-6-7-8-13-17(20)18-16-12-10-9-11-15(16)14(2)19/h9-12,14,19H,3-8,13H2,1-2H3,(H,18,20). The first-order valence-corrected chi connectivity index (χ1v) is 7.72. The molecule has 3 nitrogen and oxygen atoms in total. The maximum atomic E-state index is 11.9. The first kappa shape index (κ1) is 16.7. The summed E-state index contributed by atoms with van der Waals surface area (Å²) in [6, 6.07) is 7.41. The fourth-order valence-electron chi connectivity index (χ4n) is 2.25. The third kappa shape index (κ3) is 6.20. The Morgan fingerprint density at radius 3 is 2.50 bits per heavy atom. The van der Waals surface area contributed by atoms with E-state index in [1.165, 1.54) is 25.7 Å². The van der Waals surface area contributed by atoms with Gasteiger partial charge in [0.15, 0.2) is 0 Å². The van der Waals surface area contributed by atoms with Gasteiger partial charge in [0.05, 0.1) is 6.10 Å². The van der Waals surface area contributed by atoms with Crippen LogP contribution in [-0.2, 0) is 4.79 Å². The van der Waals surface area contributed by atoms with Gasteiger partial charge in [-0.3, -0.25) is 4.79 Å². The van der Waals surface area contributed by atoms with Crippen molar-refractivity contribution in [3.63, 3.8) is 0 Å². The van der Waals surface area contributed by atoms with Crippen LogP contribution in [-0.4, -0.2) is 11.0 Å². The summed E-state index contributed by atoms with van der Waals surface area (Å²) in [5, 5.41) is 12.6. The number of rotatable bonds is 9. The van der Waals surface area contributed by atoms with Gasteiger partial charge in [0, 0.05) is 17.7 Å². The highest BCUT2D eigenvalue weighted by Crippen LogP contribution is 2.22. The molecule has 0 aliphatic heterocycles. The molecule has 0 spiro atoms. The van der Waals surface area contributed by atoms with Crippen LogP contribution in [0.15, 0.2) is 24.3 Å². The second-order valence-corrected chi connectivity index (χ2v) is 5.33. The Balaban J connectivity index is 2.32. The average molecular weight is 277 g/mol. The largest absolute Gasteiger partial charge is 0.389 e. The van der Waals surface area contributed by atoms with E-state index in [1.807, 2.05) is 24.3 Å². The summed E-state index contributed by atoms with van der Waals surface area (Å²) in [6.07, 6.45) is 7.05. The van der Waals surface area contributed by atoms with E-state index in [2.05, 4.69) is 12.2 Å². The summed E-state index contributed by atoms with van der Waals surface area (Å²) < 4.78 is 0. The second-order valence-electron chi connectivity index (χ2n) is 5.33. The molecule has 0 aliphatic rings. The van der Waals surface area contributed by atoms with Crippen molar-refractivity contribution in [3.05, 3.63) is 29.8 Å². The zero-order valence-electron chi connectivity index (χ0n) is 12.7. The number of para-hydroxylation sites is 1. The molecule has 1 unspecified atom stereocenters. The van der Waals surface area contributed by atoms with Gasteiger partial charge >= 0.3 is 0 Å². The van der Waals surface area contributed by atoms with Gasteiger partial charge < -0.3 is 10.4 Å². The minimum atomic E-state index is -0.569. The lowest BCUT2D eigenvalue weighted by Gasteiger charge is -2.12. The lowest BCUT2D eigenvalue weighted by atomic mass is 10.1. The summed E-state index contributed by atoms with van der Waals surface area (Å²) in [4.78, 5) is 11.9. The molecule has 1 atom stereocenters. The number of hydrogen-bond donors (Lipinski definition) is 2. The number of unbranched alkanes of at least 4 members (excludes halogenated alkanes) is 5. The topological polar surface area (TPSA) is 49.3 Å². The maximum absolute atomic E-state index is 11.9. The van der Waals surface area contributed by atoms with Gasteiger partial charge in [-0.15, -0.1) is 0 Å². The highest BCUT2D eigenvalue weighted by molar-refractivity contribution is 5.91. The van der Waals surface area contributed by atoms with E-state index in [0.29, 0.717) is 6.42 Å². The molecule has 1 aromatic carbocycles. The van der Waals surface area contributed by atoms with Crippen molar-refractivity contribution in [1.29, 1.82) is 0 Å². The van der Waals surface area contributed by atoms with Gasteiger partial charge in [-0.1, -0.05) is 57.2 Å². The van der Waals surface area contributed by atoms with Crippen molar-refractivity contribution in [1.82, 2.24) is 0 Å². The molecular weight excluding hydrogens is 250 g/mol. The number of benzene rings is 1. The Bertz CT molecular complexity index is 402. The Hall–Kier alpha value is -1.35. The molecule has 1 rings (SSSR count). The predicted molar refractivity (Wildman–Crippen MR) is 83.7 cm³/mol. The zero-order chi connectivity index (χ0) is 14.8. The van der Waals surface area contributed by atoms with Crippen molar-refractivity contribution in [2.45, 2.75) is 64.9 Å². The molecule has 2 N–H and O–H groups in total. The smallest absolute Gasteiger partial charge is 0.224 e. The van der Waals surface area contributed by atoms with Crippen LogP contribution < -0.4 is 5.32 Å². The van der Waals surface area contributed by atoms with Gasteiger partial charge in [0.2, 0.25) is 5.91 Å². The molecule has 3 heteroatoms. The van der Waals surface area contributed by atoms with E-state index in [0.717, 1.165) is 24.1 Å². The molecule has 1 aromatic rings. The normalized spacial score (nSPS) is 12.2. The van der Waals surface area contributed by atoms with Crippen LogP contribution in [0, 0.1) is 0 Å². The monoisotopic (exact) mass is 277 g/mol. The molecule has 0 heterocycles. The molecule has 0 saturated carbocycles. The molecule has 112 valence electrons. The van der Waals surface area contributed by atoms with Gasteiger partial charge in [-0.05, 0) is 19.4 Å². The molecule has 0 aliphatic carbocycles. The van der Waals surface area contributed by atoms with Crippen LogP contribution >= 0.6 is 0 Å². The Labute approximate surface area is 122 Å². The van der Waals surface area contributed by atoms with Crippen molar-refractivity contribution < 1.29 is 9.90 Å². The zero-order valence-corrected chi connectivity index (χ0v) is 12.7. The van der Waals surface area contributed by atoms with Crippen LogP contribution in [0.3, 0.4) is 0 Å². The van der Waals surface area contributed by atoms with Crippen molar-refractivity contribution in [3.8, 4) is 0 Å². The third-order valence-electron chi connectivity index (χ3n) is 3.44. The number of carbonyl (C=O) groups is 1. The summed E-state index contributed by atoms with van der Waals surface area (Å²) in [6.45, 7) is 3.91. The summed E-state index contributed by atoms with van der Waals surface area (Å²) in [5.41, 5.74) is 1.49. The highest BCUT2D eigenvalue weighted by Gasteiger charge is 2.09. The van der Waals surface area contributed by atoms with Crippen molar-refractivity contribution in [2.24, 2.45) is 0 Å². The molecule has 0 saturated heterocycles. The van der Waals surface area contributed by atoms with Gasteiger partial charge in [0.25, 0.3) is 0 Å². The van der Waals surface area contributed by atoms with E-state index in [-0.39, 0.29) is 5.91 Å². The number of hydrogen-bond acceptors (Lipinski definition) is 2. The SMILES string of the molecule is CCCCCCCCC(=O)Nc1ccccc1C(C)O. The van der Waals surface area contributed by atoms with Crippen molar-refractivity contribution in [2.75, 3.05) is 5.32 Å². The van der Waals surface area contributed by atoms with Crippen LogP contribution in [0.4, 0.5) is 5.69 Å².